The highest BCUT2D eigenvalue weighted by Gasteiger charge is 2.39. The summed E-state index contributed by atoms with van der Waals surface area (Å²) in [5, 5.41) is 19.3. The van der Waals surface area contributed by atoms with E-state index in [9.17, 15) is 19.4 Å². The molecule has 0 aliphatic carbocycles. The number of aliphatic hydroxyl groups is 1. The van der Waals surface area contributed by atoms with Gasteiger partial charge in [0.05, 0.1) is 47.4 Å². The first-order valence-electron chi connectivity index (χ1n) is 11.2. The molecule has 0 bridgehead atoms. The predicted molar refractivity (Wildman–Crippen MR) is 123 cm³/mol. The molecule has 0 amide bonds. The van der Waals surface area contributed by atoms with Crippen molar-refractivity contribution in [2.75, 3.05) is 41.0 Å². The van der Waals surface area contributed by atoms with Crippen LogP contribution < -0.4 is 9.47 Å². The van der Waals surface area contributed by atoms with Crippen LogP contribution in [-0.4, -0.2) is 78.9 Å². The van der Waals surface area contributed by atoms with Gasteiger partial charge in [-0.1, -0.05) is 25.8 Å². The van der Waals surface area contributed by atoms with Gasteiger partial charge in [-0.05, 0) is 31.4 Å². The van der Waals surface area contributed by atoms with Crippen LogP contribution in [0.5, 0.6) is 11.5 Å². The number of ether oxygens (including phenoxy) is 2. The lowest BCUT2D eigenvalue weighted by atomic mass is 10.2. The first-order chi connectivity index (χ1) is 15.4. The molecule has 0 heterocycles. The molecule has 3 N–H and O–H groups in total. The van der Waals surface area contributed by atoms with Crippen molar-refractivity contribution in [3.8, 4) is 11.5 Å². The number of benzene rings is 1. The second kappa shape index (κ2) is 14.6. The Morgan fingerprint density at radius 3 is 2.09 bits per heavy atom. The summed E-state index contributed by atoms with van der Waals surface area (Å²) in [6.45, 7) is 3.09. The zero-order chi connectivity index (χ0) is 24.9. The lowest BCUT2D eigenvalue weighted by Crippen LogP contribution is -2.52. The number of carboxylic acid groups (broad SMARTS) is 1. The lowest BCUT2D eigenvalue weighted by molar-refractivity contribution is -0.922. The van der Waals surface area contributed by atoms with E-state index in [1.165, 1.54) is 0 Å². The number of hydrogen-bond acceptors (Lipinski definition) is 7. The second-order valence-corrected chi connectivity index (χ2v) is 10.1. The Kier molecular flexibility index (Phi) is 12.9. The van der Waals surface area contributed by atoms with Gasteiger partial charge in [-0.3, -0.25) is 13.8 Å². The average Bonchev–Trinajstić information content (AvgIpc) is 2.72. The van der Waals surface area contributed by atoms with Crippen molar-refractivity contribution >= 4 is 13.8 Å². The molecule has 0 aliphatic rings. The lowest BCUT2D eigenvalue weighted by Gasteiger charge is -2.34. The van der Waals surface area contributed by atoms with Gasteiger partial charge in [0.25, 0.3) is 0 Å². The number of phosphoric acid groups is 1. The molecule has 0 spiro atoms. The van der Waals surface area contributed by atoms with E-state index in [0.717, 1.165) is 25.0 Å². The van der Waals surface area contributed by atoms with E-state index in [1.54, 1.807) is 21.1 Å². The van der Waals surface area contributed by atoms with Gasteiger partial charge in [0, 0.05) is 6.07 Å². The van der Waals surface area contributed by atoms with Crippen LogP contribution in [0.2, 0.25) is 0 Å². The minimum atomic E-state index is -4.55. The van der Waals surface area contributed by atoms with Crippen LogP contribution in [0.25, 0.3) is 0 Å². The third kappa shape index (κ3) is 13.0. The summed E-state index contributed by atoms with van der Waals surface area (Å²) in [5.74, 6) is 0.156. The zero-order valence-electron chi connectivity index (χ0n) is 20.0. The molecule has 190 valence electrons. The van der Waals surface area contributed by atoms with Crippen molar-refractivity contribution in [2.24, 2.45) is 0 Å². The quantitative estimate of drug-likeness (QED) is 0.122. The molecule has 0 saturated carbocycles. The van der Waals surface area contributed by atoms with E-state index in [0.29, 0.717) is 31.8 Å². The summed E-state index contributed by atoms with van der Waals surface area (Å²) in [4.78, 5) is 21.0. The summed E-state index contributed by atoms with van der Waals surface area (Å²) in [7, 11) is 0.286. The number of aliphatic carboxylic acids is 1. The molecule has 1 aromatic rings. The van der Waals surface area contributed by atoms with E-state index < -0.39 is 32.5 Å². The highest BCUT2D eigenvalue weighted by Crippen LogP contribution is 2.46. The van der Waals surface area contributed by atoms with Crippen LogP contribution in [0.15, 0.2) is 24.3 Å². The molecule has 2 unspecified atom stereocenters. The van der Waals surface area contributed by atoms with Gasteiger partial charge in [-0.25, -0.2) is 4.57 Å². The molecule has 0 saturated heterocycles. The summed E-state index contributed by atoms with van der Waals surface area (Å²) in [6.07, 6.45) is 0.869. The van der Waals surface area contributed by atoms with E-state index in [-0.39, 0.29) is 11.1 Å². The van der Waals surface area contributed by atoms with Gasteiger partial charge in [0.2, 0.25) is 6.23 Å². The van der Waals surface area contributed by atoms with Crippen molar-refractivity contribution < 1.29 is 47.5 Å². The SMILES string of the molecule is CCCCCOc1cccc(OCCCCOP(=O)(O)O[C@H](CC(=O)O)C(O)[N+](C)(C)C)c1. The number of unbranched alkanes of at least 4 members (excludes halogenated alkanes) is 3. The zero-order valence-corrected chi connectivity index (χ0v) is 20.9. The van der Waals surface area contributed by atoms with E-state index in [1.807, 2.05) is 24.3 Å². The molecule has 0 radical (unpaired) electrons. The molecule has 11 heteroatoms. The largest absolute Gasteiger partial charge is 0.493 e. The topological polar surface area (TPSA) is 132 Å². The molecule has 10 nitrogen and oxygen atoms in total. The number of nitrogens with zero attached hydrogens (tertiary/aromatic N) is 1. The molecule has 1 rings (SSSR count). The highest BCUT2D eigenvalue weighted by molar-refractivity contribution is 7.47. The van der Waals surface area contributed by atoms with Crippen LogP contribution in [0.4, 0.5) is 0 Å². The van der Waals surface area contributed by atoms with Crippen molar-refractivity contribution in [3.05, 3.63) is 24.3 Å². The maximum atomic E-state index is 12.2. The predicted octanol–water partition coefficient (Wildman–Crippen LogP) is 3.42. The Balaban J connectivity index is 2.38. The Morgan fingerprint density at radius 2 is 1.58 bits per heavy atom. The van der Waals surface area contributed by atoms with Crippen LogP contribution in [0.3, 0.4) is 0 Å². The summed E-state index contributed by atoms with van der Waals surface area (Å²) < 4.78 is 33.4. The third-order valence-electron chi connectivity index (χ3n) is 4.65. The Labute approximate surface area is 196 Å². The molecular formula is C22H39NO9P+. The normalized spacial score (nSPS) is 15.5. The number of rotatable bonds is 18. The first kappa shape index (κ1) is 29.4. The van der Waals surface area contributed by atoms with Gasteiger partial charge in [0.15, 0.2) is 6.10 Å². The van der Waals surface area contributed by atoms with Crippen LogP contribution in [-0.2, 0) is 18.4 Å². The molecule has 3 atom stereocenters. The van der Waals surface area contributed by atoms with Gasteiger partial charge in [-0.15, -0.1) is 0 Å². The summed E-state index contributed by atoms with van der Waals surface area (Å²) in [5.41, 5.74) is 0. The first-order valence-corrected chi connectivity index (χ1v) is 12.7. The number of hydrogen-bond donors (Lipinski definition) is 3. The van der Waals surface area contributed by atoms with Crippen molar-refractivity contribution in [3.63, 3.8) is 0 Å². The fourth-order valence-electron chi connectivity index (χ4n) is 2.84. The average molecular weight is 493 g/mol. The Hall–Kier alpha value is -1.68. The van der Waals surface area contributed by atoms with Crippen molar-refractivity contribution in [2.45, 2.75) is 57.8 Å². The smallest absolute Gasteiger partial charge is 0.472 e. The Bertz CT molecular complexity index is 754. The monoisotopic (exact) mass is 492 g/mol. The minimum absolute atomic E-state index is 0.0692. The molecule has 0 aromatic heterocycles. The molecule has 0 aliphatic heterocycles. The number of carboxylic acids is 1. The van der Waals surface area contributed by atoms with Crippen LogP contribution >= 0.6 is 7.82 Å². The highest BCUT2D eigenvalue weighted by atomic mass is 31.2. The van der Waals surface area contributed by atoms with Gasteiger partial charge < -0.3 is 29.1 Å². The van der Waals surface area contributed by atoms with E-state index in [2.05, 4.69) is 6.92 Å². The number of quaternary nitrogens is 1. The Morgan fingerprint density at radius 1 is 1.03 bits per heavy atom. The number of carbonyl (C=O) groups is 1. The second-order valence-electron chi connectivity index (χ2n) is 8.66. The standard InChI is InChI=1S/C22H38NO9P/c1-5-6-7-13-29-18-11-10-12-19(16-18)30-14-8-9-15-31-33(27,28)32-20(17-21(24)25)22(26)23(2,3)4/h10-12,16,20,22,26H,5-9,13-15,17H2,1-4H3,(H-,24,25,27,28)/p+1/t20-,22?/m1/s1. The molecular weight excluding hydrogens is 453 g/mol. The van der Waals surface area contributed by atoms with Crippen molar-refractivity contribution in [1.82, 2.24) is 0 Å². The maximum absolute atomic E-state index is 12.2. The number of likely N-dealkylation sites (N-methyl/N-ethyl adjacent to an activating group) is 1. The van der Waals surface area contributed by atoms with Crippen LogP contribution in [0.1, 0.15) is 45.4 Å². The van der Waals surface area contributed by atoms with Crippen molar-refractivity contribution in [1.29, 1.82) is 0 Å². The maximum Gasteiger partial charge on any atom is 0.472 e. The number of phosphoric ester groups is 1. The van der Waals surface area contributed by atoms with Gasteiger partial charge >= 0.3 is 13.8 Å². The third-order valence-corrected chi connectivity index (χ3v) is 5.70. The number of aliphatic hydroxyl groups excluding tert-OH is 1. The van der Waals surface area contributed by atoms with Crippen LogP contribution in [0, 0.1) is 0 Å². The molecule has 1 aromatic carbocycles. The van der Waals surface area contributed by atoms with E-state index in [4.69, 9.17) is 23.6 Å². The fourth-order valence-corrected chi connectivity index (χ4v) is 3.79. The van der Waals surface area contributed by atoms with Gasteiger partial charge in [0.1, 0.15) is 11.5 Å². The van der Waals surface area contributed by atoms with E-state index >= 15 is 0 Å². The molecule has 33 heavy (non-hydrogen) atoms. The minimum Gasteiger partial charge on any atom is -0.493 e. The fraction of sp³-hybridized carbons (Fsp3) is 0.682. The molecule has 0 fully saturated rings. The summed E-state index contributed by atoms with van der Waals surface area (Å²) >= 11 is 0. The van der Waals surface area contributed by atoms with Gasteiger partial charge in [-0.2, -0.15) is 0 Å². The summed E-state index contributed by atoms with van der Waals surface area (Å²) in [6, 6.07) is 7.37.